The van der Waals surface area contributed by atoms with Gasteiger partial charge in [0.2, 0.25) is 0 Å². The molecule has 0 spiro atoms. The van der Waals surface area contributed by atoms with Crippen molar-refractivity contribution in [2.24, 2.45) is 0 Å². The number of carboxylic acid groups (broad SMARTS) is 1. The summed E-state index contributed by atoms with van der Waals surface area (Å²) in [6.07, 6.45) is 9.11. The fourth-order valence-electron chi connectivity index (χ4n) is 1.60. The van der Waals surface area contributed by atoms with E-state index in [-0.39, 0.29) is 0 Å². The number of aliphatic carboxylic acids is 1. The summed E-state index contributed by atoms with van der Waals surface area (Å²) >= 11 is 1.53. The Kier molecular flexibility index (Phi) is 12.1. The van der Waals surface area contributed by atoms with E-state index in [0.29, 0.717) is 5.75 Å². The van der Waals surface area contributed by atoms with Crippen molar-refractivity contribution < 1.29 is 15.0 Å². The number of thioether (sulfide) groups is 1. The smallest absolute Gasteiger partial charge is 0.333 e. The molecule has 0 aliphatic rings. The summed E-state index contributed by atoms with van der Waals surface area (Å²) < 4.78 is 0. The third-order valence-corrected chi connectivity index (χ3v) is 3.83. The Morgan fingerprint density at radius 3 is 2.12 bits per heavy atom. The van der Waals surface area contributed by atoms with Gasteiger partial charge in [0.05, 0.1) is 0 Å². The number of carbonyl (C=O) groups is 1. The predicted octanol–water partition coefficient (Wildman–Crippen LogP) is 3.31. The molecule has 0 aromatic heterocycles. The molecule has 0 amide bonds. The van der Waals surface area contributed by atoms with Gasteiger partial charge in [-0.25, -0.2) is 4.79 Å². The zero-order valence-electron chi connectivity index (χ0n) is 10.9. The molecule has 0 aromatic rings. The standard InChI is InChI=1S/C13H26O3S/c1-2-3-4-5-6-7-8-9-10-17-11-12(14)13(15)16/h12,14H,2-11H2,1H3,(H,15,16). The van der Waals surface area contributed by atoms with Gasteiger partial charge in [0, 0.05) is 5.75 Å². The van der Waals surface area contributed by atoms with Crippen molar-refractivity contribution in [1.82, 2.24) is 0 Å². The molecule has 0 fully saturated rings. The molecular weight excluding hydrogens is 236 g/mol. The fourth-order valence-corrected chi connectivity index (χ4v) is 2.55. The lowest BCUT2D eigenvalue weighted by atomic mass is 10.1. The van der Waals surface area contributed by atoms with E-state index in [0.717, 1.165) is 12.2 Å². The van der Waals surface area contributed by atoms with E-state index in [9.17, 15) is 4.79 Å². The maximum Gasteiger partial charge on any atom is 0.333 e. The highest BCUT2D eigenvalue weighted by atomic mass is 32.2. The number of hydrogen-bond acceptors (Lipinski definition) is 3. The van der Waals surface area contributed by atoms with Gasteiger partial charge in [-0.1, -0.05) is 51.9 Å². The monoisotopic (exact) mass is 262 g/mol. The summed E-state index contributed by atoms with van der Waals surface area (Å²) in [5.74, 6) is 0.152. The van der Waals surface area contributed by atoms with Crippen LogP contribution >= 0.6 is 11.8 Å². The highest BCUT2D eigenvalue weighted by molar-refractivity contribution is 7.99. The molecule has 17 heavy (non-hydrogen) atoms. The van der Waals surface area contributed by atoms with Crippen LogP contribution in [0.2, 0.25) is 0 Å². The van der Waals surface area contributed by atoms with Crippen molar-refractivity contribution in [2.45, 2.75) is 64.4 Å². The zero-order valence-corrected chi connectivity index (χ0v) is 11.7. The second kappa shape index (κ2) is 12.2. The number of rotatable bonds is 12. The lowest BCUT2D eigenvalue weighted by Crippen LogP contribution is -2.22. The van der Waals surface area contributed by atoms with E-state index in [1.54, 1.807) is 0 Å². The van der Waals surface area contributed by atoms with E-state index in [4.69, 9.17) is 10.2 Å². The van der Waals surface area contributed by atoms with Gasteiger partial charge < -0.3 is 10.2 Å². The van der Waals surface area contributed by atoms with Crippen LogP contribution in [0.5, 0.6) is 0 Å². The Morgan fingerprint density at radius 1 is 1.06 bits per heavy atom. The van der Waals surface area contributed by atoms with Gasteiger partial charge in [-0.15, -0.1) is 0 Å². The molecule has 0 saturated heterocycles. The first kappa shape index (κ1) is 16.8. The Morgan fingerprint density at radius 2 is 1.59 bits per heavy atom. The molecule has 0 aliphatic heterocycles. The van der Waals surface area contributed by atoms with E-state index in [2.05, 4.69) is 6.92 Å². The summed E-state index contributed by atoms with van der Waals surface area (Å²) in [6.45, 7) is 2.22. The van der Waals surface area contributed by atoms with Crippen LogP contribution < -0.4 is 0 Å². The van der Waals surface area contributed by atoms with Crippen molar-refractivity contribution >= 4 is 17.7 Å². The minimum atomic E-state index is -1.20. The van der Waals surface area contributed by atoms with Crippen LogP contribution in [0.4, 0.5) is 0 Å². The lowest BCUT2D eigenvalue weighted by Gasteiger charge is -2.05. The quantitative estimate of drug-likeness (QED) is 0.530. The van der Waals surface area contributed by atoms with E-state index in [1.807, 2.05) is 0 Å². The Hall–Kier alpha value is -0.220. The average molecular weight is 262 g/mol. The van der Waals surface area contributed by atoms with Crippen molar-refractivity contribution in [3.8, 4) is 0 Å². The molecule has 0 aromatic carbocycles. The molecule has 2 N–H and O–H groups in total. The predicted molar refractivity (Wildman–Crippen MR) is 73.6 cm³/mol. The van der Waals surface area contributed by atoms with Crippen molar-refractivity contribution in [3.63, 3.8) is 0 Å². The van der Waals surface area contributed by atoms with Crippen LogP contribution in [0.15, 0.2) is 0 Å². The van der Waals surface area contributed by atoms with Crippen LogP contribution in [0.1, 0.15) is 58.3 Å². The molecule has 0 bridgehead atoms. The number of aliphatic hydroxyl groups is 1. The van der Waals surface area contributed by atoms with Gasteiger partial charge in [-0.2, -0.15) is 11.8 Å². The minimum Gasteiger partial charge on any atom is -0.479 e. The normalized spacial score (nSPS) is 12.6. The van der Waals surface area contributed by atoms with Gasteiger partial charge in [0.25, 0.3) is 0 Å². The van der Waals surface area contributed by atoms with E-state index in [1.165, 1.54) is 56.7 Å². The van der Waals surface area contributed by atoms with Gasteiger partial charge >= 0.3 is 5.97 Å². The van der Waals surface area contributed by atoms with Crippen molar-refractivity contribution in [1.29, 1.82) is 0 Å². The highest BCUT2D eigenvalue weighted by Gasteiger charge is 2.11. The molecule has 0 saturated carbocycles. The van der Waals surface area contributed by atoms with Crippen LogP contribution in [0.25, 0.3) is 0 Å². The molecule has 1 atom stereocenters. The molecule has 0 radical (unpaired) electrons. The number of aliphatic hydroxyl groups excluding tert-OH is 1. The van der Waals surface area contributed by atoms with Gasteiger partial charge in [-0.3, -0.25) is 0 Å². The second-order valence-corrected chi connectivity index (χ2v) is 5.55. The fraction of sp³-hybridized carbons (Fsp3) is 0.923. The summed E-state index contributed by atoms with van der Waals surface area (Å²) in [5.41, 5.74) is 0. The maximum absolute atomic E-state index is 10.3. The molecule has 0 rings (SSSR count). The Labute approximate surface area is 109 Å². The Balaban J connectivity index is 3.06. The third kappa shape index (κ3) is 12.0. The topological polar surface area (TPSA) is 57.5 Å². The SMILES string of the molecule is CCCCCCCCCCSCC(O)C(=O)O. The second-order valence-electron chi connectivity index (χ2n) is 4.40. The lowest BCUT2D eigenvalue weighted by molar-refractivity contribution is -0.145. The zero-order chi connectivity index (χ0) is 12.9. The summed E-state index contributed by atoms with van der Waals surface area (Å²) in [4.78, 5) is 10.3. The van der Waals surface area contributed by atoms with Crippen LogP contribution in [0.3, 0.4) is 0 Å². The average Bonchev–Trinajstić information content (AvgIpc) is 2.31. The molecule has 3 nitrogen and oxygen atoms in total. The largest absolute Gasteiger partial charge is 0.479 e. The molecular formula is C13H26O3S. The first-order valence-corrected chi connectivity index (χ1v) is 7.82. The molecule has 102 valence electrons. The van der Waals surface area contributed by atoms with Crippen LogP contribution in [-0.4, -0.2) is 33.8 Å². The molecule has 4 heteroatoms. The Bertz CT molecular complexity index is 186. The summed E-state index contributed by atoms with van der Waals surface area (Å²) in [7, 11) is 0. The van der Waals surface area contributed by atoms with E-state index < -0.39 is 12.1 Å². The molecule has 0 heterocycles. The van der Waals surface area contributed by atoms with Crippen molar-refractivity contribution in [3.05, 3.63) is 0 Å². The van der Waals surface area contributed by atoms with Crippen molar-refractivity contribution in [2.75, 3.05) is 11.5 Å². The van der Waals surface area contributed by atoms with Gasteiger partial charge in [-0.05, 0) is 12.2 Å². The third-order valence-electron chi connectivity index (χ3n) is 2.70. The highest BCUT2D eigenvalue weighted by Crippen LogP contribution is 2.11. The van der Waals surface area contributed by atoms with Crippen LogP contribution in [-0.2, 0) is 4.79 Å². The van der Waals surface area contributed by atoms with Gasteiger partial charge in [0.1, 0.15) is 0 Å². The first-order valence-electron chi connectivity index (χ1n) is 6.67. The molecule has 0 aliphatic carbocycles. The van der Waals surface area contributed by atoms with E-state index >= 15 is 0 Å². The number of hydrogen-bond donors (Lipinski definition) is 2. The maximum atomic E-state index is 10.3. The number of unbranched alkanes of at least 4 members (excludes halogenated alkanes) is 7. The van der Waals surface area contributed by atoms with Gasteiger partial charge in [0.15, 0.2) is 6.10 Å². The summed E-state index contributed by atoms with van der Waals surface area (Å²) in [5, 5.41) is 17.5. The minimum absolute atomic E-state index is 0.311. The number of carboxylic acids is 1. The summed E-state index contributed by atoms with van der Waals surface area (Å²) in [6, 6.07) is 0. The van der Waals surface area contributed by atoms with Crippen LogP contribution in [0, 0.1) is 0 Å². The first-order chi connectivity index (χ1) is 8.18. The molecule has 1 unspecified atom stereocenters.